The van der Waals surface area contributed by atoms with Crippen LogP contribution in [0, 0.1) is 0 Å². The summed E-state index contributed by atoms with van der Waals surface area (Å²) in [5.74, 6) is 0.802. The van der Waals surface area contributed by atoms with Gasteiger partial charge in [-0.05, 0) is 30.9 Å². The molecule has 6 heteroatoms. The minimum absolute atomic E-state index is 0.326. The molecule has 3 rings (SSSR count). The van der Waals surface area contributed by atoms with E-state index in [-0.39, 0.29) is 0 Å². The molecular weight excluding hydrogens is 504 g/mol. The Balaban J connectivity index is 1.77. The van der Waals surface area contributed by atoms with Crippen LogP contribution in [0.2, 0.25) is 0 Å². The molecule has 0 aliphatic carbocycles. The highest BCUT2D eigenvalue weighted by Gasteiger charge is 2.21. The fourth-order valence-electron chi connectivity index (χ4n) is 4.89. The van der Waals surface area contributed by atoms with Crippen molar-refractivity contribution >= 4 is 33.9 Å². The topological polar surface area (TPSA) is 71.1 Å². The molecule has 0 heterocycles. The summed E-state index contributed by atoms with van der Waals surface area (Å²) in [5, 5.41) is 2.69. The van der Waals surface area contributed by atoms with Gasteiger partial charge < -0.3 is 18.9 Å². The normalized spacial score (nSPS) is 11.1. The maximum absolute atomic E-state index is 12.7. The molecule has 0 amide bonds. The van der Waals surface area contributed by atoms with Crippen LogP contribution in [0.1, 0.15) is 103 Å². The summed E-state index contributed by atoms with van der Waals surface area (Å²) < 4.78 is 22.5. The first-order valence-electron chi connectivity index (χ1n) is 15.3. The minimum Gasteiger partial charge on any atom is -0.434 e. The van der Waals surface area contributed by atoms with Gasteiger partial charge in [0, 0.05) is 21.5 Å². The van der Waals surface area contributed by atoms with E-state index in [9.17, 15) is 9.59 Å². The SMILES string of the molecule is CCCCCCCCOC(=O)Oc1c2ccccc2c(OC(=O)OCCCCCCCC)c2cc(CC)ccc12. The Morgan fingerprint density at radius 1 is 0.550 bits per heavy atom. The molecule has 0 N–H and O–H groups in total. The maximum Gasteiger partial charge on any atom is 0.513 e. The van der Waals surface area contributed by atoms with Gasteiger partial charge in [-0.15, -0.1) is 0 Å². The van der Waals surface area contributed by atoms with Crippen molar-refractivity contribution in [3.8, 4) is 11.5 Å². The highest BCUT2D eigenvalue weighted by molar-refractivity contribution is 6.12. The van der Waals surface area contributed by atoms with Gasteiger partial charge in [-0.1, -0.05) is 121 Å². The monoisotopic (exact) mass is 550 g/mol. The van der Waals surface area contributed by atoms with Gasteiger partial charge in [0.25, 0.3) is 0 Å². The number of ether oxygens (including phenoxy) is 4. The van der Waals surface area contributed by atoms with E-state index in [1.54, 1.807) is 0 Å². The average molecular weight is 551 g/mol. The Labute approximate surface area is 239 Å². The van der Waals surface area contributed by atoms with E-state index in [1.807, 2.05) is 42.5 Å². The Kier molecular flexibility index (Phi) is 13.6. The van der Waals surface area contributed by atoms with Gasteiger partial charge in [0.2, 0.25) is 0 Å². The molecule has 0 radical (unpaired) electrons. The summed E-state index contributed by atoms with van der Waals surface area (Å²) in [5.41, 5.74) is 1.07. The molecular formula is C34H46O6. The number of rotatable bonds is 17. The molecule has 3 aromatic carbocycles. The number of carbonyl (C=O) groups excluding carboxylic acids is 2. The predicted molar refractivity (Wildman–Crippen MR) is 162 cm³/mol. The van der Waals surface area contributed by atoms with Crippen LogP contribution >= 0.6 is 0 Å². The van der Waals surface area contributed by atoms with Gasteiger partial charge in [0.05, 0.1) is 13.2 Å². The highest BCUT2D eigenvalue weighted by Crippen LogP contribution is 2.43. The van der Waals surface area contributed by atoms with E-state index in [0.717, 1.165) is 50.5 Å². The van der Waals surface area contributed by atoms with Crippen molar-refractivity contribution in [1.82, 2.24) is 0 Å². The molecule has 0 spiro atoms. The van der Waals surface area contributed by atoms with Crippen molar-refractivity contribution < 1.29 is 28.5 Å². The Morgan fingerprint density at radius 3 is 1.50 bits per heavy atom. The molecule has 0 saturated carbocycles. The fraction of sp³-hybridized carbons (Fsp3) is 0.529. The smallest absolute Gasteiger partial charge is 0.434 e. The number of carbonyl (C=O) groups is 2. The van der Waals surface area contributed by atoms with E-state index in [4.69, 9.17) is 18.9 Å². The highest BCUT2D eigenvalue weighted by atomic mass is 16.7. The third-order valence-electron chi connectivity index (χ3n) is 7.20. The van der Waals surface area contributed by atoms with Crippen molar-refractivity contribution in [1.29, 1.82) is 0 Å². The van der Waals surface area contributed by atoms with Gasteiger partial charge in [-0.25, -0.2) is 9.59 Å². The quantitative estimate of drug-likeness (QED) is 0.0720. The Hall–Kier alpha value is -3.28. The van der Waals surface area contributed by atoms with Crippen LogP contribution in [0.5, 0.6) is 11.5 Å². The first kappa shape index (κ1) is 31.3. The van der Waals surface area contributed by atoms with Gasteiger partial charge >= 0.3 is 12.3 Å². The Bertz CT molecular complexity index is 1220. The van der Waals surface area contributed by atoms with Crippen LogP contribution in [0.15, 0.2) is 42.5 Å². The van der Waals surface area contributed by atoms with E-state index >= 15 is 0 Å². The Morgan fingerprint density at radius 2 is 1.00 bits per heavy atom. The molecule has 6 nitrogen and oxygen atoms in total. The summed E-state index contributed by atoms with van der Waals surface area (Å²) in [6.45, 7) is 7.10. The zero-order valence-electron chi connectivity index (χ0n) is 24.6. The van der Waals surface area contributed by atoms with E-state index < -0.39 is 12.3 Å². The van der Waals surface area contributed by atoms with E-state index in [2.05, 4.69) is 20.8 Å². The fourth-order valence-corrected chi connectivity index (χ4v) is 4.89. The van der Waals surface area contributed by atoms with Crippen LogP contribution in [-0.4, -0.2) is 25.5 Å². The summed E-state index contributed by atoms with van der Waals surface area (Å²) >= 11 is 0. The van der Waals surface area contributed by atoms with Gasteiger partial charge in [0.15, 0.2) is 0 Å². The van der Waals surface area contributed by atoms with Crippen LogP contribution in [-0.2, 0) is 15.9 Å². The van der Waals surface area contributed by atoms with Gasteiger partial charge in [-0.2, -0.15) is 0 Å². The second-order valence-electron chi connectivity index (χ2n) is 10.4. The molecule has 0 bridgehead atoms. The summed E-state index contributed by atoms with van der Waals surface area (Å²) in [7, 11) is 0. The number of hydrogen-bond acceptors (Lipinski definition) is 6. The van der Waals surface area contributed by atoms with Crippen molar-refractivity contribution in [3.05, 3.63) is 48.0 Å². The summed E-state index contributed by atoms with van der Waals surface area (Å²) in [6.07, 6.45) is 12.6. The predicted octanol–water partition coefficient (Wildman–Crippen LogP) is 10.3. The second-order valence-corrected chi connectivity index (χ2v) is 10.4. The lowest BCUT2D eigenvalue weighted by molar-refractivity contribution is 0.0965. The third kappa shape index (κ3) is 9.42. The molecule has 40 heavy (non-hydrogen) atoms. The molecule has 0 atom stereocenters. The molecule has 3 aromatic rings. The maximum atomic E-state index is 12.7. The standard InChI is InChI=1S/C34H46O6/c1-4-7-9-11-13-17-23-37-33(35)39-31-27-19-15-16-20-28(27)32(30-25-26(6-3)21-22-29(30)31)40-34(36)38-24-18-14-12-10-8-5-2/h15-16,19-22,25H,4-14,17-18,23-24H2,1-3H3. The van der Waals surface area contributed by atoms with Crippen molar-refractivity contribution in [3.63, 3.8) is 0 Å². The molecule has 0 aliphatic rings. The van der Waals surface area contributed by atoms with Crippen LogP contribution in [0.3, 0.4) is 0 Å². The van der Waals surface area contributed by atoms with E-state index in [1.165, 1.54) is 38.5 Å². The summed E-state index contributed by atoms with van der Waals surface area (Å²) in [4.78, 5) is 25.4. The van der Waals surface area contributed by atoms with Crippen molar-refractivity contribution in [2.45, 2.75) is 104 Å². The minimum atomic E-state index is -0.730. The van der Waals surface area contributed by atoms with Crippen LogP contribution < -0.4 is 9.47 Å². The number of benzene rings is 3. The van der Waals surface area contributed by atoms with Crippen LogP contribution in [0.25, 0.3) is 21.5 Å². The average Bonchev–Trinajstić information content (AvgIpc) is 2.97. The number of unbranched alkanes of at least 4 members (excludes halogenated alkanes) is 10. The lowest BCUT2D eigenvalue weighted by Crippen LogP contribution is -2.14. The van der Waals surface area contributed by atoms with Crippen LogP contribution in [0.4, 0.5) is 9.59 Å². The van der Waals surface area contributed by atoms with E-state index in [0.29, 0.717) is 46.3 Å². The lowest BCUT2D eigenvalue weighted by atomic mass is 9.98. The number of aryl methyl sites for hydroxylation is 1. The summed E-state index contributed by atoms with van der Waals surface area (Å²) in [6, 6.07) is 13.3. The molecule has 218 valence electrons. The first-order valence-corrected chi connectivity index (χ1v) is 15.3. The molecule has 0 aromatic heterocycles. The molecule has 0 unspecified atom stereocenters. The largest absolute Gasteiger partial charge is 0.513 e. The molecule has 0 fully saturated rings. The first-order chi connectivity index (χ1) is 19.6. The van der Waals surface area contributed by atoms with Crippen molar-refractivity contribution in [2.75, 3.05) is 13.2 Å². The third-order valence-corrected chi connectivity index (χ3v) is 7.20. The lowest BCUT2D eigenvalue weighted by Gasteiger charge is -2.17. The van der Waals surface area contributed by atoms with Gasteiger partial charge in [-0.3, -0.25) is 0 Å². The molecule has 0 aliphatic heterocycles. The number of hydrogen-bond donors (Lipinski definition) is 0. The zero-order valence-corrected chi connectivity index (χ0v) is 24.6. The van der Waals surface area contributed by atoms with Crippen molar-refractivity contribution in [2.24, 2.45) is 0 Å². The number of fused-ring (bicyclic) bond motifs is 2. The second kappa shape index (κ2) is 17.4. The van der Waals surface area contributed by atoms with Gasteiger partial charge in [0.1, 0.15) is 11.5 Å². The molecule has 0 saturated heterocycles. The zero-order chi connectivity index (χ0) is 28.6.